The summed E-state index contributed by atoms with van der Waals surface area (Å²) in [5.41, 5.74) is 3.20. The van der Waals surface area contributed by atoms with Crippen LogP contribution in [0.3, 0.4) is 0 Å². The molecule has 0 aliphatic heterocycles. The quantitative estimate of drug-likeness (QED) is 0.378. The van der Waals surface area contributed by atoms with Gasteiger partial charge in [0, 0.05) is 28.1 Å². The molecule has 3 rings (SSSR count). The predicted octanol–water partition coefficient (Wildman–Crippen LogP) is 6.22. The van der Waals surface area contributed by atoms with Gasteiger partial charge in [-0.25, -0.2) is 0 Å². The number of thiophene rings is 1. The van der Waals surface area contributed by atoms with E-state index in [-0.39, 0.29) is 5.91 Å². The number of amides is 1. The molecular formula is C23H30N4OS2. The lowest BCUT2D eigenvalue weighted by molar-refractivity contribution is -0.113. The molecule has 0 fully saturated rings. The lowest BCUT2D eigenvalue weighted by Gasteiger charge is -2.09. The number of rotatable bonds is 10. The Labute approximate surface area is 187 Å². The third-order valence-electron chi connectivity index (χ3n) is 4.77. The molecule has 7 heteroatoms. The van der Waals surface area contributed by atoms with Crippen LogP contribution < -0.4 is 5.32 Å². The van der Waals surface area contributed by atoms with Crippen LogP contribution >= 0.6 is 23.1 Å². The van der Waals surface area contributed by atoms with E-state index in [1.165, 1.54) is 22.2 Å². The second kappa shape index (κ2) is 10.8. The van der Waals surface area contributed by atoms with Gasteiger partial charge in [0.15, 0.2) is 11.0 Å². The zero-order chi connectivity index (χ0) is 21.5. The molecule has 1 amide bonds. The number of nitrogens with zero attached hydrogens (tertiary/aromatic N) is 3. The Bertz CT molecular complexity index is 960. The Kier molecular flexibility index (Phi) is 8.10. The topological polar surface area (TPSA) is 59.8 Å². The van der Waals surface area contributed by atoms with E-state index in [0.29, 0.717) is 11.7 Å². The zero-order valence-electron chi connectivity index (χ0n) is 18.1. The molecule has 2 aromatic heterocycles. The van der Waals surface area contributed by atoms with Crippen LogP contribution in [0.25, 0.3) is 11.4 Å². The summed E-state index contributed by atoms with van der Waals surface area (Å²) < 4.78 is 2.13. The average Bonchev–Trinajstić information content (AvgIpc) is 3.34. The van der Waals surface area contributed by atoms with Crippen molar-refractivity contribution in [1.82, 2.24) is 14.8 Å². The molecule has 5 nitrogen and oxygen atoms in total. The highest BCUT2D eigenvalue weighted by molar-refractivity contribution is 7.99. The van der Waals surface area contributed by atoms with Crippen molar-refractivity contribution in [2.75, 3.05) is 11.1 Å². The molecule has 2 heterocycles. The van der Waals surface area contributed by atoms with Crippen molar-refractivity contribution in [2.45, 2.75) is 64.6 Å². The van der Waals surface area contributed by atoms with Crippen LogP contribution in [0.2, 0.25) is 0 Å². The van der Waals surface area contributed by atoms with Crippen LogP contribution in [0.1, 0.15) is 56.9 Å². The summed E-state index contributed by atoms with van der Waals surface area (Å²) in [6.07, 6.45) is 3.21. The summed E-state index contributed by atoms with van der Waals surface area (Å²) in [4.78, 5) is 13.8. The van der Waals surface area contributed by atoms with E-state index in [1.807, 2.05) is 12.1 Å². The second-order valence-corrected chi connectivity index (χ2v) is 9.56. The molecule has 3 aromatic rings. The minimum atomic E-state index is -0.0364. The molecule has 0 atom stereocenters. The highest BCUT2D eigenvalue weighted by Gasteiger charge is 2.16. The molecule has 0 unspecified atom stereocenters. The number of carbonyl (C=O) groups is 1. The van der Waals surface area contributed by atoms with Crippen LogP contribution in [0.4, 0.5) is 5.69 Å². The third kappa shape index (κ3) is 5.73. The highest BCUT2D eigenvalue weighted by atomic mass is 32.2. The summed E-state index contributed by atoms with van der Waals surface area (Å²) in [5.74, 6) is 1.64. The summed E-state index contributed by atoms with van der Waals surface area (Å²) in [6.45, 7) is 9.48. The van der Waals surface area contributed by atoms with E-state index in [4.69, 9.17) is 0 Å². The molecule has 0 saturated carbocycles. The average molecular weight is 443 g/mol. The van der Waals surface area contributed by atoms with Crippen LogP contribution in [-0.2, 0) is 17.8 Å². The Morgan fingerprint density at radius 3 is 2.60 bits per heavy atom. The number of aryl methyl sites for hydroxylation is 1. The number of thioether (sulfide) groups is 1. The number of aromatic nitrogens is 3. The summed E-state index contributed by atoms with van der Waals surface area (Å²) in [7, 11) is 0. The summed E-state index contributed by atoms with van der Waals surface area (Å²) in [5, 5.41) is 14.7. The number of nitrogens with one attached hydrogen (secondary N) is 1. The molecular weight excluding hydrogens is 412 g/mol. The Balaban J connectivity index is 1.65. The molecule has 1 aromatic carbocycles. The Morgan fingerprint density at radius 2 is 1.93 bits per heavy atom. The van der Waals surface area contributed by atoms with Gasteiger partial charge in [-0.05, 0) is 42.5 Å². The van der Waals surface area contributed by atoms with Gasteiger partial charge < -0.3 is 9.88 Å². The summed E-state index contributed by atoms with van der Waals surface area (Å²) in [6, 6.07) is 10.3. The van der Waals surface area contributed by atoms with Gasteiger partial charge in [-0.2, -0.15) is 0 Å². The zero-order valence-corrected chi connectivity index (χ0v) is 19.8. The Morgan fingerprint density at radius 1 is 1.17 bits per heavy atom. The number of benzene rings is 1. The van der Waals surface area contributed by atoms with Crippen molar-refractivity contribution in [3.8, 4) is 11.4 Å². The standard InChI is InChI=1S/C23H30N4OS2/c1-5-7-20-13-18(14-29-20)22-25-26-23(27(22)12-6-2)30-15-21(28)24-19-10-8-17(9-11-19)16(3)4/h8-11,13-14,16H,5-7,12,15H2,1-4H3,(H,24,28). The van der Waals surface area contributed by atoms with Crippen LogP contribution in [0.5, 0.6) is 0 Å². The normalized spacial score (nSPS) is 11.2. The second-order valence-electron chi connectivity index (χ2n) is 7.62. The highest BCUT2D eigenvalue weighted by Crippen LogP contribution is 2.29. The van der Waals surface area contributed by atoms with Crippen LogP contribution in [0, 0.1) is 0 Å². The molecule has 0 aliphatic carbocycles. The van der Waals surface area contributed by atoms with E-state index >= 15 is 0 Å². The molecule has 160 valence electrons. The van der Waals surface area contributed by atoms with E-state index in [9.17, 15) is 4.79 Å². The minimum absolute atomic E-state index is 0.0364. The first kappa shape index (κ1) is 22.6. The maximum atomic E-state index is 12.4. The van der Waals surface area contributed by atoms with Crippen molar-refractivity contribution in [2.24, 2.45) is 0 Å². The number of anilines is 1. The molecule has 0 radical (unpaired) electrons. The number of carbonyl (C=O) groups excluding carboxylic acids is 1. The van der Waals surface area contributed by atoms with Gasteiger partial charge in [-0.1, -0.05) is 58.0 Å². The molecule has 1 N–H and O–H groups in total. The van der Waals surface area contributed by atoms with Gasteiger partial charge in [0.25, 0.3) is 0 Å². The van der Waals surface area contributed by atoms with E-state index in [1.54, 1.807) is 11.3 Å². The van der Waals surface area contributed by atoms with Crippen molar-refractivity contribution < 1.29 is 4.79 Å². The van der Waals surface area contributed by atoms with E-state index in [2.05, 4.69) is 71.4 Å². The predicted molar refractivity (Wildman–Crippen MR) is 128 cm³/mol. The first-order chi connectivity index (χ1) is 14.5. The molecule has 0 saturated heterocycles. The van der Waals surface area contributed by atoms with Crippen molar-refractivity contribution in [3.05, 3.63) is 46.2 Å². The Hall–Kier alpha value is -2.12. The monoisotopic (exact) mass is 442 g/mol. The van der Waals surface area contributed by atoms with Gasteiger partial charge in [0.2, 0.25) is 5.91 Å². The largest absolute Gasteiger partial charge is 0.325 e. The maximum absolute atomic E-state index is 12.4. The van der Waals surface area contributed by atoms with Crippen LogP contribution in [0.15, 0.2) is 40.9 Å². The molecule has 0 aliphatic rings. The number of hydrogen-bond donors (Lipinski definition) is 1. The first-order valence-electron chi connectivity index (χ1n) is 10.5. The first-order valence-corrected chi connectivity index (χ1v) is 12.4. The number of hydrogen-bond acceptors (Lipinski definition) is 5. The van der Waals surface area contributed by atoms with Gasteiger partial charge in [-0.15, -0.1) is 21.5 Å². The van der Waals surface area contributed by atoms with Gasteiger partial charge in [-0.3, -0.25) is 4.79 Å². The maximum Gasteiger partial charge on any atom is 0.234 e. The fraction of sp³-hybridized carbons (Fsp3) is 0.435. The molecule has 0 bridgehead atoms. The van der Waals surface area contributed by atoms with E-state index in [0.717, 1.165) is 48.0 Å². The summed E-state index contributed by atoms with van der Waals surface area (Å²) >= 11 is 3.21. The van der Waals surface area contributed by atoms with E-state index < -0.39 is 0 Å². The van der Waals surface area contributed by atoms with Crippen LogP contribution in [-0.4, -0.2) is 26.4 Å². The third-order valence-corrected chi connectivity index (χ3v) is 6.73. The van der Waals surface area contributed by atoms with Crippen molar-refractivity contribution in [3.63, 3.8) is 0 Å². The molecule has 30 heavy (non-hydrogen) atoms. The lowest BCUT2D eigenvalue weighted by Crippen LogP contribution is -2.14. The van der Waals surface area contributed by atoms with Crippen molar-refractivity contribution >= 4 is 34.7 Å². The van der Waals surface area contributed by atoms with Gasteiger partial charge in [0.1, 0.15) is 0 Å². The smallest absolute Gasteiger partial charge is 0.234 e. The van der Waals surface area contributed by atoms with Crippen molar-refractivity contribution in [1.29, 1.82) is 0 Å². The minimum Gasteiger partial charge on any atom is -0.325 e. The molecule has 0 spiro atoms. The van der Waals surface area contributed by atoms with Gasteiger partial charge in [0.05, 0.1) is 5.75 Å². The fourth-order valence-corrected chi connectivity index (χ4v) is 4.92. The fourth-order valence-electron chi connectivity index (χ4n) is 3.19. The van der Waals surface area contributed by atoms with Gasteiger partial charge >= 0.3 is 0 Å². The SMILES string of the molecule is CCCc1cc(-c2nnc(SCC(=O)Nc3ccc(C(C)C)cc3)n2CCC)cs1. The lowest BCUT2D eigenvalue weighted by atomic mass is 10.0.